The molecular formula is C18H28N2O3S. The second-order valence-electron chi connectivity index (χ2n) is 6.44. The highest BCUT2D eigenvalue weighted by atomic mass is 32.2. The fraction of sp³-hybridized carbons (Fsp3) is 0.611. The second kappa shape index (κ2) is 8.62. The molecule has 0 spiro atoms. The van der Waals surface area contributed by atoms with E-state index < -0.39 is 10.0 Å². The standard InChI is InChI=1S/C18H28N2O3S/c1-3-4-14-24(22,23)20-12-10-19(11-13-20)18(21)9-8-17-7-5-6-16(2)15-17/h5-7,15H,3-4,8-14H2,1-2H3. The van der Waals surface area contributed by atoms with E-state index in [1.54, 1.807) is 4.90 Å². The van der Waals surface area contributed by atoms with Gasteiger partial charge in [0.2, 0.25) is 15.9 Å². The van der Waals surface area contributed by atoms with Gasteiger partial charge in [0.15, 0.2) is 0 Å². The number of piperazine rings is 1. The highest BCUT2D eigenvalue weighted by molar-refractivity contribution is 7.89. The van der Waals surface area contributed by atoms with E-state index in [0.29, 0.717) is 39.0 Å². The second-order valence-corrected chi connectivity index (χ2v) is 8.53. The zero-order valence-corrected chi connectivity index (χ0v) is 15.5. The van der Waals surface area contributed by atoms with Crippen molar-refractivity contribution < 1.29 is 13.2 Å². The summed E-state index contributed by atoms with van der Waals surface area (Å²) in [4.78, 5) is 14.1. The first-order valence-electron chi connectivity index (χ1n) is 8.73. The Morgan fingerprint density at radius 2 is 1.88 bits per heavy atom. The Bertz CT molecular complexity index is 650. The van der Waals surface area contributed by atoms with E-state index in [2.05, 4.69) is 6.07 Å². The zero-order chi connectivity index (χ0) is 17.6. The lowest BCUT2D eigenvalue weighted by Crippen LogP contribution is -2.51. The predicted octanol–water partition coefficient (Wildman–Crippen LogP) is 2.20. The molecule has 0 saturated carbocycles. The van der Waals surface area contributed by atoms with Gasteiger partial charge in [0.05, 0.1) is 5.75 Å². The van der Waals surface area contributed by atoms with Crippen molar-refractivity contribution in [3.05, 3.63) is 35.4 Å². The summed E-state index contributed by atoms with van der Waals surface area (Å²) in [7, 11) is -3.16. The molecule has 134 valence electrons. The van der Waals surface area contributed by atoms with E-state index in [4.69, 9.17) is 0 Å². The van der Waals surface area contributed by atoms with Crippen LogP contribution in [0, 0.1) is 6.92 Å². The molecule has 0 bridgehead atoms. The third-order valence-corrected chi connectivity index (χ3v) is 6.41. The maximum Gasteiger partial charge on any atom is 0.222 e. The summed E-state index contributed by atoms with van der Waals surface area (Å²) in [6, 6.07) is 8.20. The van der Waals surface area contributed by atoms with Crippen molar-refractivity contribution in [3.63, 3.8) is 0 Å². The van der Waals surface area contributed by atoms with E-state index in [0.717, 1.165) is 12.8 Å². The summed E-state index contributed by atoms with van der Waals surface area (Å²) in [5.41, 5.74) is 2.37. The minimum Gasteiger partial charge on any atom is -0.340 e. The van der Waals surface area contributed by atoms with Crippen molar-refractivity contribution in [1.82, 2.24) is 9.21 Å². The number of amides is 1. The van der Waals surface area contributed by atoms with Crippen molar-refractivity contribution in [2.24, 2.45) is 0 Å². The number of hydrogen-bond acceptors (Lipinski definition) is 3. The van der Waals surface area contributed by atoms with Crippen molar-refractivity contribution in [2.75, 3.05) is 31.9 Å². The molecule has 0 unspecified atom stereocenters. The van der Waals surface area contributed by atoms with Crippen LogP contribution in [-0.4, -0.2) is 55.5 Å². The van der Waals surface area contributed by atoms with Gasteiger partial charge in [-0.25, -0.2) is 8.42 Å². The Kier molecular flexibility index (Phi) is 6.80. The van der Waals surface area contributed by atoms with Gasteiger partial charge >= 0.3 is 0 Å². The van der Waals surface area contributed by atoms with Crippen LogP contribution in [0.2, 0.25) is 0 Å². The SMILES string of the molecule is CCCCS(=O)(=O)N1CCN(C(=O)CCc2cccc(C)c2)CC1. The number of nitrogens with zero attached hydrogens (tertiary/aromatic N) is 2. The lowest BCUT2D eigenvalue weighted by molar-refractivity contribution is -0.132. The van der Waals surface area contributed by atoms with Crippen LogP contribution in [0.3, 0.4) is 0 Å². The van der Waals surface area contributed by atoms with Gasteiger partial charge in [-0.3, -0.25) is 4.79 Å². The van der Waals surface area contributed by atoms with Gasteiger partial charge in [-0.15, -0.1) is 0 Å². The molecule has 0 atom stereocenters. The Hall–Kier alpha value is -1.40. The number of benzene rings is 1. The lowest BCUT2D eigenvalue weighted by atomic mass is 10.1. The third kappa shape index (κ3) is 5.31. The molecule has 0 radical (unpaired) electrons. The smallest absolute Gasteiger partial charge is 0.222 e. The van der Waals surface area contributed by atoms with Gasteiger partial charge < -0.3 is 4.90 Å². The first kappa shape index (κ1) is 18.9. The Morgan fingerprint density at radius 3 is 2.50 bits per heavy atom. The van der Waals surface area contributed by atoms with Crippen LogP contribution in [0.25, 0.3) is 0 Å². The van der Waals surface area contributed by atoms with Crippen LogP contribution in [0.1, 0.15) is 37.3 Å². The molecule has 5 nitrogen and oxygen atoms in total. The van der Waals surface area contributed by atoms with Crippen molar-refractivity contribution in [3.8, 4) is 0 Å². The number of carbonyl (C=O) groups is 1. The quantitative estimate of drug-likeness (QED) is 0.756. The monoisotopic (exact) mass is 352 g/mol. The lowest BCUT2D eigenvalue weighted by Gasteiger charge is -2.34. The molecule has 2 rings (SSSR count). The number of unbranched alkanes of at least 4 members (excludes halogenated alkanes) is 1. The van der Waals surface area contributed by atoms with Gasteiger partial charge in [-0.2, -0.15) is 4.31 Å². The zero-order valence-electron chi connectivity index (χ0n) is 14.7. The highest BCUT2D eigenvalue weighted by Crippen LogP contribution is 2.12. The number of sulfonamides is 1. The van der Waals surface area contributed by atoms with Crippen molar-refractivity contribution >= 4 is 15.9 Å². The van der Waals surface area contributed by atoms with Gasteiger partial charge in [-0.05, 0) is 25.3 Å². The number of carbonyl (C=O) groups excluding carboxylic acids is 1. The largest absolute Gasteiger partial charge is 0.340 e. The summed E-state index contributed by atoms with van der Waals surface area (Å²) in [5.74, 6) is 0.326. The first-order chi connectivity index (χ1) is 11.4. The molecule has 1 aromatic carbocycles. The Morgan fingerprint density at radius 1 is 1.17 bits per heavy atom. The van der Waals surface area contributed by atoms with Gasteiger partial charge in [-0.1, -0.05) is 43.2 Å². The van der Waals surface area contributed by atoms with E-state index in [9.17, 15) is 13.2 Å². The van der Waals surface area contributed by atoms with Crippen LogP contribution in [0.15, 0.2) is 24.3 Å². The normalized spacial score (nSPS) is 16.3. The summed E-state index contributed by atoms with van der Waals surface area (Å²) in [6.45, 7) is 5.87. The molecule has 1 heterocycles. The van der Waals surface area contributed by atoms with Crippen LogP contribution in [0.5, 0.6) is 0 Å². The molecule has 1 aliphatic rings. The van der Waals surface area contributed by atoms with E-state index in [1.165, 1.54) is 15.4 Å². The van der Waals surface area contributed by atoms with E-state index in [-0.39, 0.29) is 11.7 Å². The fourth-order valence-corrected chi connectivity index (χ4v) is 4.58. The Balaban J connectivity index is 1.80. The molecule has 1 aliphatic heterocycles. The molecule has 24 heavy (non-hydrogen) atoms. The van der Waals surface area contributed by atoms with Crippen LogP contribution in [-0.2, 0) is 21.2 Å². The average molecular weight is 353 g/mol. The maximum absolute atomic E-state index is 12.3. The van der Waals surface area contributed by atoms with Crippen molar-refractivity contribution in [1.29, 1.82) is 0 Å². The van der Waals surface area contributed by atoms with E-state index >= 15 is 0 Å². The van der Waals surface area contributed by atoms with Gasteiger partial charge in [0, 0.05) is 32.6 Å². The third-order valence-electron chi connectivity index (χ3n) is 4.45. The molecule has 1 aromatic rings. The first-order valence-corrected chi connectivity index (χ1v) is 10.3. The molecule has 0 aromatic heterocycles. The van der Waals surface area contributed by atoms with Crippen LogP contribution >= 0.6 is 0 Å². The molecule has 1 saturated heterocycles. The van der Waals surface area contributed by atoms with Crippen molar-refractivity contribution in [2.45, 2.75) is 39.5 Å². The fourth-order valence-electron chi connectivity index (χ4n) is 2.95. The number of hydrogen-bond donors (Lipinski definition) is 0. The molecule has 1 fully saturated rings. The molecule has 6 heteroatoms. The summed E-state index contributed by atoms with van der Waals surface area (Å²) < 4.78 is 25.9. The topological polar surface area (TPSA) is 57.7 Å². The van der Waals surface area contributed by atoms with E-state index in [1.807, 2.05) is 32.0 Å². The van der Waals surface area contributed by atoms with Crippen LogP contribution in [0.4, 0.5) is 0 Å². The maximum atomic E-state index is 12.3. The molecule has 0 aliphatic carbocycles. The minimum atomic E-state index is -3.16. The van der Waals surface area contributed by atoms with Gasteiger partial charge in [0.1, 0.15) is 0 Å². The minimum absolute atomic E-state index is 0.113. The summed E-state index contributed by atoms with van der Waals surface area (Å²) in [6.07, 6.45) is 2.77. The number of rotatable bonds is 7. The molecule has 0 N–H and O–H groups in total. The summed E-state index contributed by atoms with van der Waals surface area (Å²) in [5, 5.41) is 0. The van der Waals surface area contributed by atoms with Crippen LogP contribution < -0.4 is 0 Å². The predicted molar refractivity (Wildman–Crippen MR) is 96.3 cm³/mol. The Labute approximate surface area is 145 Å². The van der Waals surface area contributed by atoms with Gasteiger partial charge in [0.25, 0.3) is 0 Å². The molecular weight excluding hydrogens is 324 g/mol. The number of aryl methyl sites for hydroxylation is 2. The highest BCUT2D eigenvalue weighted by Gasteiger charge is 2.28. The average Bonchev–Trinajstić information content (AvgIpc) is 2.58. The molecule has 1 amide bonds. The summed E-state index contributed by atoms with van der Waals surface area (Å²) >= 11 is 0.